The van der Waals surface area contributed by atoms with Crippen LogP contribution in [0.1, 0.15) is 10.6 Å². The molecule has 3 aromatic rings. The van der Waals surface area contributed by atoms with Gasteiger partial charge in [0.2, 0.25) is 5.09 Å². The Balaban J connectivity index is 1.53. The molecule has 0 radical (unpaired) electrons. The standard InChI is InChI=1S/C16H15N3O7S/c20-15(17-10-1-2-12-11(9-10)18-16(21)26-12)13-3-4-14(25-13)27(22,23)19-5-7-24-8-6-19/h1-4,9H,5-8H2,(H,17,20)(H,18,21). The molecule has 2 N–H and O–H groups in total. The summed E-state index contributed by atoms with van der Waals surface area (Å²) in [6.07, 6.45) is 0. The van der Waals surface area contributed by atoms with Gasteiger partial charge < -0.3 is 18.9 Å². The lowest BCUT2D eigenvalue weighted by molar-refractivity contribution is 0.0723. The number of anilines is 1. The van der Waals surface area contributed by atoms with Crippen molar-refractivity contribution in [2.45, 2.75) is 5.09 Å². The third kappa shape index (κ3) is 3.39. The van der Waals surface area contributed by atoms with Gasteiger partial charge in [-0.05, 0) is 30.3 Å². The van der Waals surface area contributed by atoms with Crippen molar-refractivity contribution in [1.82, 2.24) is 9.29 Å². The van der Waals surface area contributed by atoms with E-state index in [0.717, 1.165) is 0 Å². The number of nitrogens with one attached hydrogen (secondary N) is 2. The molecule has 1 amide bonds. The van der Waals surface area contributed by atoms with Crippen LogP contribution in [0.5, 0.6) is 0 Å². The summed E-state index contributed by atoms with van der Waals surface area (Å²) in [5, 5.41) is 2.28. The van der Waals surface area contributed by atoms with E-state index in [1.807, 2.05) is 0 Å². The molecule has 0 atom stereocenters. The average Bonchev–Trinajstić information content (AvgIpc) is 3.28. The van der Waals surface area contributed by atoms with Gasteiger partial charge in [0.15, 0.2) is 11.3 Å². The summed E-state index contributed by atoms with van der Waals surface area (Å²) in [6.45, 7) is 1.08. The molecule has 2 aromatic heterocycles. The quantitative estimate of drug-likeness (QED) is 0.675. The summed E-state index contributed by atoms with van der Waals surface area (Å²) in [6, 6.07) is 7.13. The first-order valence-electron chi connectivity index (χ1n) is 8.05. The predicted octanol–water partition coefficient (Wildman–Crippen LogP) is 0.987. The smallest absolute Gasteiger partial charge is 0.417 e. The van der Waals surface area contributed by atoms with Crippen LogP contribution in [0.25, 0.3) is 11.1 Å². The monoisotopic (exact) mass is 393 g/mol. The maximum Gasteiger partial charge on any atom is 0.417 e. The Morgan fingerprint density at radius 3 is 2.67 bits per heavy atom. The number of furan rings is 1. The zero-order chi connectivity index (χ0) is 19.0. The number of fused-ring (bicyclic) bond motifs is 1. The van der Waals surface area contributed by atoms with Gasteiger partial charge in [-0.3, -0.25) is 9.78 Å². The number of H-pyrrole nitrogens is 1. The Kier molecular flexibility index (Phi) is 4.34. The summed E-state index contributed by atoms with van der Waals surface area (Å²) >= 11 is 0. The maximum absolute atomic E-state index is 12.5. The van der Waals surface area contributed by atoms with Crippen LogP contribution in [0.3, 0.4) is 0 Å². The van der Waals surface area contributed by atoms with Gasteiger partial charge in [0, 0.05) is 18.8 Å². The van der Waals surface area contributed by atoms with Crippen molar-refractivity contribution in [1.29, 1.82) is 0 Å². The van der Waals surface area contributed by atoms with Crippen molar-refractivity contribution in [2.75, 3.05) is 31.6 Å². The lowest BCUT2D eigenvalue weighted by atomic mass is 10.3. The van der Waals surface area contributed by atoms with Crippen LogP contribution in [-0.2, 0) is 14.8 Å². The molecule has 27 heavy (non-hydrogen) atoms. The molecular weight excluding hydrogens is 378 g/mol. The van der Waals surface area contributed by atoms with Crippen LogP contribution in [0.4, 0.5) is 5.69 Å². The van der Waals surface area contributed by atoms with Crippen molar-refractivity contribution in [3.05, 3.63) is 46.6 Å². The number of morpholine rings is 1. The number of nitrogens with zero attached hydrogens (tertiary/aromatic N) is 1. The van der Waals surface area contributed by atoms with Gasteiger partial charge >= 0.3 is 5.76 Å². The van der Waals surface area contributed by atoms with E-state index < -0.39 is 21.7 Å². The average molecular weight is 393 g/mol. The third-order valence-electron chi connectivity index (χ3n) is 4.05. The lowest BCUT2D eigenvalue weighted by Gasteiger charge is -2.24. The minimum absolute atomic E-state index is 0.150. The van der Waals surface area contributed by atoms with Crippen LogP contribution in [0.15, 0.2) is 49.1 Å². The Morgan fingerprint density at radius 1 is 1.11 bits per heavy atom. The van der Waals surface area contributed by atoms with Crippen molar-refractivity contribution >= 4 is 32.7 Å². The minimum Gasteiger partial charge on any atom is -0.438 e. The number of oxazole rings is 1. The fraction of sp³-hybridized carbons (Fsp3) is 0.250. The minimum atomic E-state index is -3.82. The highest BCUT2D eigenvalue weighted by Gasteiger charge is 2.30. The van der Waals surface area contributed by atoms with Crippen LogP contribution in [-0.4, -0.2) is 49.9 Å². The molecule has 0 saturated carbocycles. The van der Waals surface area contributed by atoms with E-state index in [0.29, 0.717) is 30.0 Å². The first kappa shape index (κ1) is 17.5. The van der Waals surface area contributed by atoms with E-state index in [-0.39, 0.29) is 23.9 Å². The molecule has 1 aliphatic rings. The Labute approximate surface area is 152 Å². The molecule has 1 aliphatic heterocycles. The second kappa shape index (κ2) is 6.68. The molecule has 10 nitrogen and oxygen atoms in total. The molecule has 3 heterocycles. The topological polar surface area (TPSA) is 135 Å². The molecule has 0 bridgehead atoms. The van der Waals surface area contributed by atoms with Crippen molar-refractivity contribution in [3.8, 4) is 0 Å². The highest BCUT2D eigenvalue weighted by atomic mass is 32.2. The van der Waals surface area contributed by atoms with Crippen molar-refractivity contribution in [2.24, 2.45) is 0 Å². The van der Waals surface area contributed by atoms with E-state index in [1.54, 1.807) is 6.07 Å². The van der Waals surface area contributed by atoms with Gasteiger partial charge in [-0.15, -0.1) is 0 Å². The second-order valence-corrected chi connectivity index (χ2v) is 7.68. The van der Waals surface area contributed by atoms with E-state index in [4.69, 9.17) is 13.6 Å². The summed E-state index contributed by atoms with van der Waals surface area (Å²) < 4.78 is 41.6. The number of carbonyl (C=O) groups is 1. The molecule has 11 heteroatoms. The first-order chi connectivity index (χ1) is 12.9. The molecule has 1 fully saturated rings. The highest BCUT2D eigenvalue weighted by molar-refractivity contribution is 7.89. The number of amides is 1. The summed E-state index contributed by atoms with van der Waals surface area (Å²) in [5.74, 6) is -1.37. The third-order valence-corrected chi connectivity index (χ3v) is 5.82. The second-order valence-electron chi connectivity index (χ2n) is 5.81. The molecule has 0 unspecified atom stereocenters. The maximum atomic E-state index is 12.5. The predicted molar refractivity (Wildman–Crippen MR) is 93.1 cm³/mol. The Morgan fingerprint density at radius 2 is 1.89 bits per heavy atom. The largest absolute Gasteiger partial charge is 0.438 e. The van der Waals surface area contributed by atoms with Gasteiger partial charge in [0.1, 0.15) is 0 Å². The molecule has 142 valence electrons. The molecular formula is C16H15N3O7S. The fourth-order valence-electron chi connectivity index (χ4n) is 2.72. The summed E-state index contributed by atoms with van der Waals surface area (Å²) in [5.41, 5.74) is 1.17. The summed E-state index contributed by atoms with van der Waals surface area (Å²) in [4.78, 5) is 26.0. The van der Waals surface area contributed by atoms with Crippen molar-refractivity contribution in [3.63, 3.8) is 0 Å². The number of sulfonamides is 1. The molecule has 4 rings (SSSR count). The molecule has 0 spiro atoms. The lowest BCUT2D eigenvalue weighted by Crippen LogP contribution is -2.40. The van der Waals surface area contributed by atoms with Gasteiger partial charge in [0.05, 0.1) is 18.7 Å². The van der Waals surface area contributed by atoms with E-state index >= 15 is 0 Å². The van der Waals surface area contributed by atoms with E-state index in [9.17, 15) is 18.0 Å². The zero-order valence-electron chi connectivity index (χ0n) is 13.9. The Hall–Kier alpha value is -2.89. The number of benzene rings is 1. The number of carbonyl (C=O) groups excluding carboxylic acids is 1. The van der Waals surface area contributed by atoms with Crippen molar-refractivity contribution < 1.29 is 26.8 Å². The molecule has 1 saturated heterocycles. The van der Waals surface area contributed by atoms with Gasteiger partial charge in [-0.25, -0.2) is 13.2 Å². The number of aromatic amines is 1. The molecule has 0 aliphatic carbocycles. The number of ether oxygens (including phenoxy) is 1. The van der Waals surface area contributed by atoms with Gasteiger partial charge in [-0.2, -0.15) is 4.31 Å². The van der Waals surface area contributed by atoms with Crippen LogP contribution < -0.4 is 11.1 Å². The number of hydrogen-bond donors (Lipinski definition) is 2. The Bertz CT molecular complexity index is 1150. The SMILES string of the molecule is O=C(Nc1ccc2oc(=O)[nH]c2c1)c1ccc(S(=O)(=O)N2CCOCC2)o1. The number of rotatable bonds is 4. The first-order valence-corrected chi connectivity index (χ1v) is 9.49. The van der Waals surface area contributed by atoms with Crippen LogP contribution in [0.2, 0.25) is 0 Å². The van der Waals surface area contributed by atoms with Gasteiger partial charge in [0.25, 0.3) is 15.9 Å². The summed E-state index contributed by atoms with van der Waals surface area (Å²) in [7, 11) is -3.82. The van der Waals surface area contributed by atoms with E-state index in [2.05, 4.69) is 10.3 Å². The van der Waals surface area contributed by atoms with Gasteiger partial charge in [-0.1, -0.05) is 0 Å². The number of aromatic nitrogens is 1. The number of hydrogen-bond acceptors (Lipinski definition) is 7. The van der Waals surface area contributed by atoms with E-state index in [1.165, 1.54) is 28.6 Å². The normalized spacial score (nSPS) is 15.9. The van der Waals surface area contributed by atoms with Crippen LogP contribution in [0, 0.1) is 0 Å². The molecule has 1 aromatic carbocycles. The zero-order valence-corrected chi connectivity index (χ0v) is 14.7. The van der Waals surface area contributed by atoms with Crippen LogP contribution >= 0.6 is 0 Å². The fourth-order valence-corrected chi connectivity index (χ4v) is 4.04. The highest BCUT2D eigenvalue weighted by Crippen LogP contribution is 2.21.